The van der Waals surface area contributed by atoms with E-state index in [0.717, 1.165) is 36.3 Å². The van der Waals surface area contributed by atoms with Crippen LogP contribution in [0.4, 0.5) is 0 Å². The number of benzene rings is 1. The van der Waals surface area contributed by atoms with Gasteiger partial charge in [-0.15, -0.1) is 12.4 Å². The van der Waals surface area contributed by atoms with Crippen molar-refractivity contribution in [2.24, 2.45) is 0 Å². The molecule has 0 saturated carbocycles. The first-order valence-electron chi connectivity index (χ1n) is 8.65. The van der Waals surface area contributed by atoms with Crippen molar-refractivity contribution in [1.29, 1.82) is 0 Å². The molecule has 0 radical (unpaired) electrons. The van der Waals surface area contributed by atoms with E-state index in [0.29, 0.717) is 32.9 Å². The Morgan fingerprint density at radius 2 is 2.28 bits per heavy atom. The number of ether oxygens (including phenoxy) is 3. The molecule has 2 saturated heterocycles. The molecular weight excluding hydrogens is 344 g/mol. The second-order valence-corrected chi connectivity index (χ2v) is 6.36. The average Bonchev–Trinajstić information content (AvgIpc) is 3.13. The third-order valence-electron chi connectivity index (χ3n) is 4.36. The van der Waals surface area contributed by atoms with Crippen LogP contribution < -0.4 is 15.4 Å². The van der Waals surface area contributed by atoms with Crippen LogP contribution in [0.25, 0.3) is 0 Å². The molecule has 2 heterocycles. The van der Waals surface area contributed by atoms with Crippen LogP contribution >= 0.6 is 12.4 Å². The molecule has 1 aromatic rings. The molecule has 2 aliphatic rings. The van der Waals surface area contributed by atoms with Crippen LogP contribution in [0.5, 0.6) is 5.75 Å². The first-order chi connectivity index (χ1) is 11.7. The number of morpholine rings is 1. The minimum atomic E-state index is -0.277. The lowest BCUT2D eigenvalue weighted by Crippen LogP contribution is -2.51. The highest BCUT2D eigenvalue weighted by Crippen LogP contribution is 2.22. The average molecular weight is 371 g/mol. The second-order valence-electron chi connectivity index (χ2n) is 6.36. The van der Waals surface area contributed by atoms with Crippen LogP contribution in [0.2, 0.25) is 0 Å². The van der Waals surface area contributed by atoms with Gasteiger partial charge in [-0.05, 0) is 31.4 Å². The number of aryl methyl sites for hydroxylation is 1. The Labute approximate surface area is 155 Å². The van der Waals surface area contributed by atoms with E-state index in [2.05, 4.69) is 10.6 Å². The topological polar surface area (TPSA) is 68.8 Å². The minimum Gasteiger partial charge on any atom is -0.491 e. The summed E-state index contributed by atoms with van der Waals surface area (Å²) in [4.78, 5) is 12.2. The molecule has 2 atom stereocenters. The fraction of sp³-hybridized carbons (Fsp3) is 0.611. The SMILES string of the molecule is Cc1ccc(CNC(=O)C2COCCN2)c(OCC2CCCO2)c1.Cl. The van der Waals surface area contributed by atoms with Crippen LogP contribution in [0, 0.1) is 6.92 Å². The maximum Gasteiger partial charge on any atom is 0.239 e. The van der Waals surface area contributed by atoms with E-state index in [9.17, 15) is 4.79 Å². The first kappa shape index (κ1) is 20.0. The summed E-state index contributed by atoms with van der Waals surface area (Å²) in [5.41, 5.74) is 2.11. The number of rotatable bonds is 6. The lowest BCUT2D eigenvalue weighted by atomic mass is 10.1. The van der Waals surface area contributed by atoms with Gasteiger partial charge in [0, 0.05) is 25.3 Å². The van der Waals surface area contributed by atoms with Crippen molar-refractivity contribution in [1.82, 2.24) is 10.6 Å². The molecule has 2 unspecified atom stereocenters. The molecule has 6 nitrogen and oxygen atoms in total. The smallest absolute Gasteiger partial charge is 0.239 e. The number of amides is 1. The van der Waals surface area contributed by atoms with Gasteiger partial charge in [-0.2, -0.15) is 0 Å². The quantitative estimate of drug-likeness (QED) is 0.795. The second kappa shape index (κ2) is 9.97. The van der Waals surface area contributed by atoms with Gasteiger partial charge in [-0.3, -0.25) is 4.79 Å². The van der Waals surface area contributed by atoms with Crippen LogP contribution in [-0.4, -0.2) is 51.0 Å². The Hall–Kier alpha value is -1.34. The summed E-state index contributed by atoms with van der Waals surface area (Å²) in [5.74, 6) is 0.777. The van der Waals surface area contributed by atoms with Crippen molar-refractivity contribution in [2.45, 2.75) is 38.5 Å². The van der Waals surface area contributed by atoms with Crippen LogP contribution in [0.1, 0.15) is 24.0 Å². The van der Waals surface area contributed by atoms with Crippen molar-refractivity contribution >= 4 is 18.3 Å². The summed E-state index contributed by atoms with van der Waals surface area (Å²) in [7, 11) is 0. The van der Waals surface area contributed by atoms with Gasteiger partial charge in [0.05, 0.1) is 19.3 Å². The zero-order valence-corrected chi connectivity index (χ0v) is 15.4. The van der Waals surface area contributed by atoms with Gasteiger partial charge in [0.2, 0.25) is 5.91 Å². The van der Waals surface area contributed by atoms with Gasteiger partial charge < -0.3 is 24.8 Å². The van der Waals surface area contributed by atoms with E-state index in [1.165, 1.54) is 0 Å². The number of carbonyl (C=O) groups is 1. The molecule has 2 fully saturated rings. The monoisotopic (exact) mass is 370 g/mol. The molecule has 140 valence electrons. The number of hydrogen-bond donors (Lipinski definition) is 2. The van der Waals surface area contributed by atoms with Crippen molar-refractivity contribution < 1.29 is 19.0 Å². The van der Waals surface area contributed by atoms with Crippen LogP contribution in [0.3, 0.4) is 0 Å². The molecule has 3 rings (SSSR count). The molecule has 1 amide bonds. The third kappa shape index (κ3) is 5.85. The largest absolute Gasteiger partial charge is 0.491 e. The molecule has 7 heteroatoms. The van der Waals surface area contributed by atoms with Gasteiger partial charge in [0.25, 0.3) is 0 Å². The highest BCUT2D eigenvalue weighted by molar-refractivity contribution is 5.85. The molecule has 0 spiro atoms. The van der Waals surface area contributed by atoms with Crippen molar-refractivity contribution in [3.63, 3.8) is 0 Å². The van der Waals surface area contributed by atoms with Crippen molar-refractivity contribution in [3.8, 4) is 5.75 Å². The predicted octanol–water partition coefficient (Wildman–Crippen LogP) is 1.58. The summed E-state index contributed by atoms with van der Waals surface area (Å²) >= 11 is 0. The van der Waals surface area contributed by atoms with Gasteiger partial charge >= 0.3 is 0 Å². The molecule has 2 aliphatic heterocycles. The predicted molar refractivity (Wildman–Crippen MR) is 97.4 cm³/mol. The van der Waals surface area contributed by atoms with Gasteiger partial charge in [0.1, 0.15) is 18.4 Å². The normalized spacial score (nSPS) is 22.9. The Balaban J connectivity index is 0.00000225. The highest BCUT2D eigenvalue weighted by Gasteiger charge is 2.21. The zero-order valence-electron chi connectivity index (χ0n) is 14.6. The highest BCUT2D eigenvalue weighted by atomic mass is 35.5. The molecule has 0 aliphatic carbocycles. The first-order valence-corrected chi connectivity index (χ1v) is 8.65. The summed E-state index contributed by atoms with van der Waals surface area (Å²) in [6.07, 6.45) is 2.32. The fourth-order valence-electron chi connectivity index (χ4n) is 2.94. The molecule has 25 heavy (non-hydrogen) atoms. The van der Waals surface area contributed by atoms with E-state index in [-0.39, 0.29) is 30.5 Å². The summed E-state index contributed by atoms with van der Waals surface area (Å²) < 4.78 is 16.9. The Morgan fingerprint density at radius 3 is 3.00 bits per heavy atom. The standard InChI is InChI=1S/C18H26N2O4.ClH/c1-13-4-5-14(10-20-18(21)16-12-22-8-6-19-16)17(9-13)24-11-15-3-2-7-23-15;/h4-5,9,15-16,19H,2-3,6-8,10-12H2,1H3,(H,20,21);1H. The molecule has 0 bridgehead atoms. The van der Waals surface area contributed by atoms with Gasteiger partial charge in [0.15, 0.2) is 0 Å². The van der Waals surface area contributed by atoms with Crippen LogP contribution in [-0.2, 0) is 20.8 Å². The summed E-state index contributed by atoms with van der Waals surface area (Å²) in [6.45, 7) is 5.63. The summed E-state index contributed by atoms with van der Waals surface area (Å²) in [6, 6.07) is 5.77. The third-order valence-corrected chi connectivity index (χ3v) is 4.36. The van der Waals surface area contributed by atoms with Gasteiger partial charge in [-0.1, -0.05) is 12.1 Å². The number of halogens is 1. The van der Waals surface area contributed by atoms with E-state index in [4.69, 9.17) is 14.2 Å². The maximum absolute atomic E-state index is 12.2. The van der Waals surface area contributed by atoms with E-state index in [1.807, 2.05) is 25.1 Å². The van der Waals surface area contributed by atoms with Gasteiger partial charge in [-0.25, -0.2) is 0 Å². The molecule has 2 N–H and O–H groups in total. The Kier molecular flexibility index (Phi) is 7.96. The Bertz CT molecular complexity index is 558. The van der Waals surface area contributed by atoms with Crippen molar-refractivity contribution in [3.05, 3.63) is 29.3 Å². The fourth-order valence-corrected chi connectivity index (χ4v) is 2.94. The maximum atomic E-state index is 12.2. The molecular formula is C18H27ClN2O4. The summed E-state index contributed by atoms with van der Waals surface area (Å²) in [5, 5.41) is 6.12. The lowest BCUT2D eigenvalue weighted by molar-refractivity contribution is -0.126. The van der Waals surface area contributed by atoms with E-state index >= 15 is 0 Å². The molecule has 0 aromatic heterocycles. The van der Waals surface area contributed by atoms with E-state index in [1.54, 1.807) is 0 Å². The number of carbonyl (C=O) groups excluding carboxylic acids is 1. The zero-order chi connectivity index (χ0) is 16.8. The number of nitrogens with one attached hydrogen (secondary N) is 2. The number of hydrogen-bond acceptors (Lipinski definition) is 5. The lowest BCUT2D eigenvalue weighted by Gasteiger charge is -2.23. The Morgan fingerprint density at radius 1 is 1.40 bits per heavy atom. The van der Waals surface area contributed by atoms with Crippen LogP contribution in [0.15, 0.2) is 18.2 Å². The minimum absolute atomic E-state index is 0. The van der Waals surface area contributed by atoms with E-state index < -0.39 is 0 Å². The van der Waals surface area contributed by atoms with Crippen molar-refractivity contribution in [2.75, 3.05) is 33.0 Å². The molecule has 1 aromatic carbocycles.